The van der Waals surface area contributed by atoms with E-state index in [1.807, 2.05) is 0 Å². The summed E-state index contributed by atoms with van der Waals surface area (Å²) >= 11 is 0. The molecular formula is C17H18O6. The maximum atomic E-state index is 10.8. The number of carboxylic acid groups (broad SMARTS) is 1. The zero-order chi connectivity index (χ0) is 17.2. The highest BCUT2D eigenvalue weighted by Crippen LogP contribution is 2.11. The topological polar surface area (TPSA) is 104 Å². The molecule has 0 amide bonds. The molecule has 0 aliphatic heterocycles. The van der Waals surface area contributed by atoms with Crippen LogP contribution in [0, 0.1) is 0 Å². The monoisotopic (exact) mass is 318 g/mol. The molecule has 0 radical (unpaired) electrons. The van der Waals surface area contributed by atoms with Crippen LogP contribution in [-0.2, 0) is 27.2 Å². The minimum absolute atomic E-state index is 0.0472. The van der Waals surface area contributed by atoms with Crippen LogP contribution in [-0.4, -0.2) is 34.4 Å². The normalized spacial score (nSPS) is 9.43. The molecule has 2 rings (SSSR count). The van der Waals surface area contributed by atoms with Crippen molar-refractivity contribution in [1.82, 2.24) is 0 Å². The number of phenols is 2. The van der Waals surface area contributed by atoms with Gasteiger partial charge in [-0.25, -0.2) is 0 Å². The van der Waals surface area contributed by atoms with Crippen molar-refractivity contribution in [3.05, 3.63) is 59.7 Å². The minimum Gasteiger partial charge on any atom is -0.508 e. The molecule has 23 heavy (non-hydrogen) atoms. The molecule has 0 aliphatic carbocycles. The zero-order valence-corrected chi connectivity index (χ0v) is 12.6. The standard InChI is InChI=1S/C9H10O3.C8H8O3/c1-12-9(11)6-7-3-2-4-8(10)5-7;9-7-3-1-2-6(4-7)5-8(10)11/h2-5,10H,6H2,1H3;1-4,9H,5H2,(H,10,11). The maximum absolute atomic E-state index is 10.8. The molecule has 2 aromatic carbocycles. The summed E-state index contributed by atoms with van der Waals surface area (Å²) in [6.45, 7) is 0. The van der Waals surface area contributed by atoms with Gasteiger partial charge in [0.05, 0.1) is 20.0 Å². The van der Waals surface area contributed by atoms with E-state index in [1.54, 1.807) is 30.3 Å². The van der Waals surface area contributed by atoms with E-state index in [2.05, 4.69) is 4.74 Å². The Morgan fingerprint density at radius 1 is 0.913 bits per heavy atom. The molecule has 0 saturated heterocycles. The second-order valence-corrected chi connectivity index (χ2v) is 4.66. The molecule has 0 heterocycles. The molecule has 122 valence electrons. The van der Waals surface area contributed by atoms with Crippen LogP contribution in [0.4, 0.5) is 0 Å². The first-order chi connectivity index (χ1) is 10.9. The van der Waals surface area contributed by atoms with Crippen molar-refractivity contribution in [3.8, 4) is 11.5 Å². The lowest BCUT2D eigenvalue weighted by Crippen LogP contribution is -2.03. The van der Waals surface area contributed by atoms with Crippen LogP contribution >= 0.6 is 0 Å². The van der Waals surface area contributed by atoms with Crippen molar-refractivity contribution in [3.63, 3.8) is 0 Å². The summed E-state index contributed by atoms with van der Waals surface area (Å²) in [6.07, 6.45) is 0.152. The van der Waals surface area contributed by atoms with Gasteiger partial charge < -0.3 is 20.1 Å². The number of carbonyl (C=O) groups is 2. The lowest BCUT2D eigenvalue weighted by atomic mass is 10.1. The van der Waals surface area contributed by atoms with Gasteiger partial charge in [0.15, 0.2) is 0 Å². The van der Waals surface area contributed by atoms with Gasteiger partial charge in [-0.2, -0.15) is 0 Å². The van der Waals surface area contributed by atoms with E-state index in [1.165, 1.54) is 25.3 Å². The molecule has 0 bridgehead atoms. The van der Waals surface area contributed by atoms with Gasteiger partial charge in [0.25, 0.3) is 0 Å². The molecule has 0 spiro atoms. The van der Waals surface area contributed by atoms with Gasteiger partial charge in [0.2, 0.25) is 0 Å². The third kappa shape index (κ3) is 7.52. The van der Waals surface area contributed by atoms with Crippen molar-refractivity contribution in [1.29, 1.82) is 0 Å². The molecule has 3 N–H and O–H groups in total. The second-order valence-electron chi connectivity index (χ2n) is 4.66. The number of esters is 1. The molecular weight excluding hydrogens is 300 g/mol. The number of aliphatic carboxylic acids is 1. The number of methoxy groups -OCH3 is 1. The van der Waals surface area contributed by atoms with E-state index in [0.717, 1.165) is 5.56 Å². The van der Waals surface area contributed by atoms with Crippen LogP contribution in [0.3, 0.4) is 0 Å². The SMILES string of the molecule is COC(=O)Cc1cccc(O)c1.O=C(O)Cc1cccc(O)c1. The molecule has 6 heteroatoms. The molecule has 2 aromatic rings. The predicted octanol–water partition coefficient (Wildman–Crippen LogP) is 2.13. The van der Waals surface area contributed by atoms with Crippen molar-refractivity contribution in [2.45, 2.75) is 12.8 Å². The Morgan fingerprint density at radius 2 is 1.39 bits per heavy atom. The first-order valence-electron chi connectivity index (χ1n) is 6.75. The minimum atomic E-state index is -0.893. The van der Waals surface area contributed by atoms with Crippen molar-refractivity contribution in [2.75, 3.05) is 7.11 Å². The predicted molar refractivity (Wildman–Crippen MR) is 83.3 cm³/mol. The van der Waals surface area contributed by atoms with Gasteiger partial charge in [0.1, 0.15) is 11.5 Å². The number of phenolic OH excluding ortho intramolecular Hbond substituents is 2. The van der Waals surface area contributed by atoms with E-state index in [0.29, 0.717) is 5.56 Å². The van der Waals surface area contributed by atoms with E-state index >= 15 is 0 Å². The molecule has 6 nitrogen and oxygen atoms in total. The maximum Gasteiger partial charge on any atom is 0.309 e. The Bertz CT molecular complexity index is 666. The Hall–Kier alpha value is -3.02. The highest BCUT2D eigenvalue weighted by molar-refractivity contribution is 5.72. The lowest BCUT2D eigenvalue weighted by Gasteiger charge is -1.99. The summed E-state index contributed by atoms with van der Waals surface area (Å²) in [6, 6.07) is 12.8. The van der Waals surface area contributed by atoms with E-state index in [9.17, 15) is 9.59 Å². The Balaban J connectivity index is 0.000000231. The van der Waals surface area contributed by atoms with E-state index in [4.69, 9.17) is 15.3 Å². The molecule has 0 aromatic heterocycles. The average Bonchev–Trinajstić information content (AvgIpc) is 2.47. The van der Waals surface area contributed by atoms with Crippen molar-refractivity contribution >= 4 is 11.9 Å². The first kappa shape index (κ1) is 18.0. The van der Waals surface area contributed by atoms with Crippen LogP contribution in [0.5, 0.6) is 11.5 Å². The largest absolute Gasteiger partial charge is 0.508 e. The van der Waals surface area contributed by atoms with E-state index < -0.39 is 5.97 Å². The number of carbonyl (C=O) groups excluding carboxylic acids is 1. The second kappa shape index (κ2) is 9.09. The number of benzene rings is 2. The number of ether oxygens (including phenoxy) is 1. The number of rotatable bonds is 4. The van der Waals surface area contributed by atoms with Gasteiger partial charge in [-0.3, -0.25) is 9.59 Å². The zero-order valence-electron chi connectivity index (χ0n) is 12.6. The average molecular weight is 318 g/mol. The number of carboxylic acids is 1. The molecule has 0 saturated carbocycles. The summed E-state index contributed by atoms with van der Waals surface area (Å²) in [5.41, 5.74) is 1.36. The quantitative estimate of drug-likeness (QED) is 0.746. The molecule has 0 atom stereocenters. The Labute approximate surface area is 133 Å². The third-order valence-electron chi connectivity index (χ3n) is 2.75. The van der Waals surface area contributed by atoms with Gasteiger partial charge >= 0.3 is 11.9 Å². The fraction of sp³-hybridized carbons (Fsp3) is 0.176. The summed E-state index contributed by atoms with van der Waals surface area (Å²) in [5, 5.41) is 26.4. The molecule has 0 unspecified atom stereocenters. The van der Waals surface area contributed by atoms with Crippen molar-refractivity contribution < 1.29 is 29.6 Å². The highest BCUT2D eigenvalue weighted by Gasteiger charge is 2.02. The summed E-state index contributed by atoms with van der Waals surface area (Å²) in [5.74, 6) is -0.934. The van der Waals surface area contributed by atoms with Crippen LogP contribution in [0.15, 0.2) is 48.5 Å². The van der Waals surface area contributed by atoms with Gasteiger partial charge in [0, 0.05) is 0 Å². The Kier molecular flexibility index (Phi) is 7.13. The number of aromatic hydroxyl groups is 2. The fourth-order valence-corrected chi connectivity index (χ4v) is 1.75. The summed E-state index contributed by atoms with van der Waals surface area (Å²) in [7, 11) is 1.34. The van der Waals surface area contributed by atoms with Crippen LogP contribution in [0.2, 0.25) is 0 Å². The number of hydrogen-bond acceptors (Lipinski definition) is 5. The third-order valence-corrected chi connectivity index (χ3v) is 2.75. The van der Waals surface area contributed by atoms with Crippen LogP contribution in [0.25, 0.3) is 0 Å². The van der Waals surface area contributed by atoms with Gasteiger partial charge in [-0.15, -0.1) is 0 Å². The van der Waals surface area contributed by atoms with Gasteiger partial charge in [-0.1, -0.05) is 24.3 Å². The molecule has 0 fully saturated rings. The Morgan fingerprint density at radius 3 is 1.78 bits per heavy atom. The summed E-state index contributed by atoms with van der Waals surface area (Å²) in [4.78, 5) is 21.0. The van der Waals surface area contributed by atoms with E-state index in [-0.39, 0.29) is 30.3 Å². The summed E-state index contributed by atoms with van der Waals surface area (Å²) < 4.78 is 4.47. The van der Waals surface area contributed by atoms with Crippen LogP contribution < -0.4 is 0 Å². The molecule has 0 aliphatic rings. The fourth-order valence-electron chi connectivity index (χ4n) is 1.75. The lowest BCUT2D eigenvalue weighted by molar-refractivity contribution is -0.140. The smallest absolute Gasteiger partial charge is 0.309 e. The highest BCUT2D eigenvalue weighted by atomic mass is 16.5. The van der Waals surface area contributed by atoms with Crippen LogP contribution in [0.1, 0.15) is 11.1 Å². The first-order valence-corrected chi connectivity index (χ1v) is 6.75. The van der Waals surface area contributed by atoms with Crippen molar-refractivity contribution in [2.24, 2.45) is 0 Å². The van der Waals surface area contributed by atoms with Gasteiger partial charge in [-0.05, 0) is 35.4 Å². The number of hydrogen-bond donors (Lipinski definition) is 3.